The number of fused-ring (bicyclic) bond motifs is 5. The number of carbonyl (C=O) groups excluding carboxylic acids is 1. The van der Waals surface area contributed by atoms with E-state index in [0.717, 1.165) is 42.9 Å². The summed E-state index contributed by atoms with van der Waals surface area (Å²) in [4.78, 5) is 12.6. The van der Waals surface area contributed by atoms with Crippen molar-refractivity contribution in [3.63, 3.8) is 0 Å². The van der Waals surface area contributed by atoms with Gasteiger partial charge in [-0.1, -0.05) is 96.1 Å². The van der Waals surface area contributed by atoms with Gasteiger partial charge in [-0.05, 0) is 98.7 Å². The van der Waals surface area contributed by atoms with Crippen molar-refractivity contribution in [1.29, 1.82) is 0 Å². The number of unbranched alkanes of at least 4 members (excludes halogenated alkanes) is 5. The second-order valence-corrected chi connectivity index (χ2v) is 15.0. The summed E-state index contributed by atoms with van der Waals surface area (Å²) in [6.45, 7) is 9.72. The van der Waals surface area contributed by atoms with Crippen molar-refractivity contribution in [1.82, 2.24) is 0 Å². The van der Waals surface area contributed by atoms with Crippen LogP contribution in [0.1, 0.15) is 137 Å². The fourth-order valence-corrected chi connectivity index (χ4v) is 10.6. The van der Waals surface area contributed by atoms with E-state index in [9.17, 15) is 4.79 Å². The van der Waals surface area contributed by atoms with Gasteiger partial charge >= 0.3 is 0 Å². The molecule has 0 radical (unpaired) electrons. The summed E-state index contributed by atoms with van der Waals surface area (Å²) in [7, 11) is 0. The molecule has 0 aliphatic heterocycles. The van der Waals surface area contributed by atoms with Gasteiger partial charge in [0, 0.05) is 5.25 Å². The zero-order valence-electron chi connectivity index (χ0n) is 23.3. The van der Waals surface area contributed by atoms with Crippen LogP contribution in [-0.2, 0) is 4.79 Å². The number of allylic oxidation sites excluding steroid dienone is 2. The summed E-state index contributed by atoms with van der Waals surface area (Å²) in [5, 5.41) is 0.358. The predicted octanol–water partition coefficient (Wildman–Crippen LogP) is 10.4. The molecule has 0 heterocycles. The Labute approximate surface area is 226 Å². The molecular formula is C32H53ClOS. The monoisotopic (exact) mass is 520 g/mol. The number of halogens is 1. The maximum atomic E-state index is 12.6. The van der Waals surface area contributed by atoms with Gasteiger partial charge in [0.05, 0.1) is 0 Å². The van der Waals surface area contributed by atoms with Crippen molar-refractivity contribution in [3.05, 3.63) is 11.6 Å². The minimum atomic E-state index is -0.300. The van der Waals surface area contributed by atoms with Gasteiger partial charge in [0.1, 0.15) is 5.38 Å². The fourth-order valence-electron chi connectivity index (χ4n) is 9.09. The molecule has 4 aliphatic rings. The van der Waals surface area contributed by atoms with Crippen LogP contribution in [0.25, 0.3) is 0 Å². The highest BCUT2D eigenvalue weighted by molar-refractivity contribution is 8.14. The molecule has 4 aliphatic carbocycles. The molecule has 4 rings (SSSR count). The van der Waals surface area contributed by atoms with Crippen LogP contribution in [0.5, 0.6) is 0 Å². The molecule has 0 spiro atoms. The molecule has 3 fully saturated rings. The minimum absolute atomic E-state index is 0.215. The average Bonchev–Trinajstić information content (AvgIpc) is 3.18. The zero-order chi connectivity index (χ0) is 25.1. The Hall–Kier alpha value is 0.0500. The highest BCUT2D eigenvalue weighted by Gasteiger charge is 2.58. The maximum Gasteiger partial charge on any atom is 0.207 e. The molecule has 0 aromatic carbocycles. The summed E-state index contributed by atoms with van der Waals surface area (Å²) in [6.07, 6.45) is 25.3. The van der Waals surface area contributed by atoms with Crippen molar-refractivity contribution < 1.29 is 4.79 Å². The van der Waals surface area contributed by atoms with Crippen molar-refractivity contribution in [2.75, 3.05) is 0 Å². The Bertz CT molecular complexity index is 748. The molecular weight excluding hydrogens is 468 g/mol. The Morgan fingerprint density at radius 3 is 2.54 bits per heavy atom. The largest absolute Gasteiger partial charge is 0.286 e. The van der Waals surface area contributed by atoms with E-state index in [-0.39, 0.29) is 10.5 Å². The Balaban J connectivity index is 1.36. The van der Waals surface area contributed by atoms with Gasteiger partial charge in [-0.3, -0.25) is 4.79 Å². The SMILES string of the molecule is CCCCCCCC[C@@H]1CC[C@@H]2[C@@H]3CC=C4C[C@@H](SC(=O)[C@@H](Cl)CCC)CC[C@]4(C)[C@@H]3CC[C@]12C. The van der Waals surface area contributed by atoms with Crippen LogP contribution in [0.15, 0.2) is 11.6 Å². The molecule has 0 aromatic rings. The van der Waals surface area contributed by atoms with E-state index >= 15 is 0 Å². The lowest BCUT2D eigenvalue weighted by Crippen LogP contribution is -2.50. The molecule has 3 saturated carbocycles. The Morgan fingerprint density at radius 2 is 1.77 bits per heavy atom. The van der Waals surface area contributed by atoms with Crippen LogP contribution in [0.2, 0.25) is 0 Å². The molecule has 0 aromatic heterocycles. The standard InChI is InChI=1S/C32H53ClOS/c1-5-7-8-9-10-11-13-23-15-17-27-26-16-14-24-22-25(35-30(34)29(33)12-6-2)18-20-32(24,4)28(26)19-21-31(23,27)3/h14,23,25-29H,5-13,15-22H2,1-4H3/t23-,25+,26+,27-,28-,29+,31-,32+/m1/s1. The van der Waals surface area contributed by atoms with Crippen LogP contribution >= 0.6 is 23.4 Å². The van der Waals surface area contributed by atoms with Gasteiger partial charge in [0.15, 0.2) is 0 Å². The third kappa shape index (κ3) is 5.89. The number of hydrogen-bond donors (Lipinski definition) is 0. The van der Waals surface area contributed by atoms with Gasteiger partial charge in [0.25, 0.3) is 0 Å². The fraction of sp³-hybridized carbons (Fsp3) is 0.906. The molecule has 0 unspecified atom stereocenters. The summed E-state index contributed by atoms with van der Waals surface area (Å²) < 4.78 is 0. The third-order valence-electron chi connectivity index (χ3n) is 11.2. The molecule has 8 atom stereocenters. The molecule has 0 amide bonds. The van der Waals surface area contributed by atoms with Crippen molar-refractivity contribution in [3.8, 4) is 0 Å². The van der Waals surface area contributed by atoms with Gasteiger partial charge < -0.3 is 0 Å². The van der Waals surface area contributed by atoms with Crippen LogP contribution in [0.3, 0.4) is 0 Å². The van der Waals surface area contributed by atoms with E-state index in [0.29, 0.717) is 16.1 Å². The second kappa shape index (κ2) is 12.3. The first-order valence-electron chi connectivity index (χ1n) is 15.4. The number of thioether (sulfide) groups is 1. The number of hydrogen-bond acceptors (Lipinski definition) is 2. The highest BCUT2D eigenvalue weighted by atomic mass is 35.5. The van der Waals surface area contributed by atoms with Crippen molar-refractivity contribution >= 4 is 28.5 Å². The van der Waals surface area contributed by atoms with E-state index in [1.807, 2.05) is 0 Å². The molecule has 200 valence electrons. The zero-order valence-corrected chi connectivity index (χ0v) is 24.8. The van der Waals surface area contributed by atoms with Gasteiger partial charge in [0.2, 0.25) is 5.12 Å². The summed E-state index contributed by atoms with van der Waals surface area (Å²) >= 11 is 7.93. The maximum absolute atomic E-state index is 12.6. The Morgan fingerprint density at radius 1 is 1.00 bits per heavy atom. The highest BCUT2D eigenvalue weighted by Crippen LogP contribution is 2.67. The second-order valence-electron chi connectivity index (χ2n) is 13.2. The van der Waals surface area contributed by atoms with Crippen molar-refractivity contribution in [2.45, 2.75) is 147 Å². The van der Waals surface area contributed by atoms with Crippen LogP contribution in [-0.4, -0.2) is 15.7 Å². The number of alkyl halides is 1. The number of carbonyl (C=O) groups is 1. The van der Waals surface area contributed by atoms with Crippen LogP contribution in [0, 0.1) is 34.5 Å². The molecule has 0 N–H and O–H groups in total. The van der Waals surface area contributed by atoms with Gasteiger partial charge in [-0.2, -0.15) is 0 Å². The molecule has 0 bridgehead atoms. The van der Waals surface area contributed by atoms with Crippen LogP contribution < -0.4 is 0 Å². The minimum Gasteiger partial charge on any atom is -0.286 e. The lowest BCUT2D eigenvalue weighted by molar-refractivity contribution is -0.110. The molecule has 35 heavy (non-hydrogen) atoms. The summed E-state index contributed by atoms with van der Waals surface area (Å²) in [5.41, 5.74) is 2.67. The van der Waals surface area contributed by atoms with Gasteiger partial charge in [-0.15, -0.1) is 11.6 Å². The lowest BCUT2D eigenvalue weighted by atomic mass is 9.47. The third-order valence-corrected chi connectivity index (χ3v) is 13.0. The van der Waals surface area contributed by atoms with E-state index in [1.54, 1.807) is 17.3 Å². The lowest BCUT2D eigenvalue weighted by Gasteiger charge is -2.58. The predicted molar refractivity (Wildman–Crippen MR) is 154 cm³/mol. The van der Waals surface area contributed by atoms with E-state index in [2.05, 4.69) is 33.8 Å². The van der Waals surface area contributed by atoms with Crippen molar-refractivity contribution in [2.24, 2.45) is 34.5 Å². The van der Waals surface area contributed by atoms with E-state index in [4.69, 9.17) is 11.6 Å². The van der Waals surface area contributed by atoms with E-state index < -0.39 is 0 Å². The Kier molecular flexibility index (Phi) is 9.84. The smallest absolute Gasteiger partial charge is 0.207 e. The normalized spacial score (nSPS) is 39.3. The first-order valence-corrected chi connectivity index (χ1v) is 16.7. The van der Waals surface area contributed by atoms with Gasteiger partial charge in [-0.25, -0.2) is 0 Å². The molecule has 0 saturated heterocycles. The topological polar surface area (TPSA) is 17.1 Å². The first kappa shape index (κ1) is 28.1. The number of rotatable bonds is 11. The van der Waals surface area contributed by atoms with E-state index in [1.165, 1.54) is 89.9 Å². The van der Waals surface area contributed by atoms with Crippen LogP contribution in [0.4, 0.5) is 0 Å². The molecule has 3 heteroatoms. The quantitative estimate of drug-likeness (QED) is 0.153. The average molecular weight is 521 g/mol. The summed E-state index contributed by atoms with van der Waals surface area (Å²) in [6, 6.07) is 0. The summed E-state index contributed by atoms with van der Waals surface area (Å²) in [5.74, 6) is 3.69. The first-order chi connectivity index (χ1) is 16.8. The molecule has 1 nitrogen and oxygen atoms in total.